The maximum Gasteiger partial charge on any atom is 0.414 e. The minimum absolute atomic E-state index is 0.0297. The molecule has 0 unspecified atom stereocenters. The van der Waals surface area contributed by atoms with E-state index in [0.717, 1.165) is 11.1 Å². The molecular weight excluding hydrogens is 454 g/mol. The zero-order valence-electron chi connectivity index (χ0n) is 19.7. The molecule has 3 rings (SSSR count). The summed E-state index contributed by atoms with van der Waals surface area (Å²) in [6.45, 7) is 7.36. The van der Waals surface area contributed by atoms with Crippen molar-refractivity contribution in [3.63, 3.8) is 0 Å². The van der Waals surface area contributed by atoms with Crippen LogP contribution in [0.4, 0.5) is 4.79 Å². The normalized spacial score (nSPS) is 17.7. The lowest BCUT2D eigenvalue weighted by Gasteiger charge is -2.25. The van der Waals surface area contributed by atoms with Gasteiger partial charge in [-0.05, 0) is 45.4 Å². The third-order valence-electron chi connectivity index (χ3n) is 5.03. The summed E-state index contributed by atoms with van der Waals surface area (Å²) in [5, 5.41) is 12.9. The number of nitrogens with zero attached hydrogens (tertiary/aromatic N) is 2. The van der Waals surface area contributed by atoms with E-state index >= 15 is 0 Å². The van der Waals surface area contributed by atoms with Gasteiger partial charge in [0.05, 0.1) is 17.1 Å². The lowest BCUT2D eigenvalue weighted by Crippen LogP contribution is -2.36. The van der Waals surface area contributed by atoms with Crippen LogP contribution >= 0.6 is 0 Å². The average Bonchev–Trinajstić information content (AvgIpc) is 3.17. The molecule has 34 heavy (non-hydrogen) atoms. The standard InChI is InChI=1S/C25H29N3O5S/c1-18-10-12-21(13-11-18)34(30,31)33-20-14-23(28(17-20)24(29)32-25(2,3)4)22(15-26)27-16-19-8-6-5-7-9-19/h5-13,20,27H,14,16-17H2,1-4H3/t20-/m1/s1. The van der Waals surface area contributed by atoms with Crippen LogP contribution in [0.2, 0.25) is 0 Å². The number of amides is 1. The molecule has 0 aliphatic carbocycles. The molecule has 9 heteroatoms. The van der Waals surface area contributed by atoms with Crippen LogP contribution in [0.3, 0.4) is 0 Å². The Hall–Kier alpha value is -3.35. The predicted molar refractivity (Wildman–Crippen MR) is 127 cm³/mol. The zero-order chi connectivity index (χ0) is 24.9. The number of carbonyl (C=O) groups excluding carboxylic acids is 1. The van der Waals surface area contributed by atoms with E-state index in [1.807, 2.05) is 37.3 Å². The van der Waals surface area contributed by atoms with E-state index in [9.17, 15) is 18.5 Å². The highest BCUT2D eigenvalue weighted by Gasteiger charge is 2.39. The van der Waals surface area contributed by atoms with Gasteiger partial charge in [0, 0.05) is 13.0 Å². The number of benzene rings is 2. The van der Waals surface area contributed by atoms with Gasteiger partial charge in [-0.25, -0.2) is 4.79 Å². The first-order chi connectivity index (χ1) is 16.0. The molecule has 0 bridgehead atoms. The second kappa shape index (κ2) is 10.3. The van der Waals surface area contributed by atoms with E-state index in [-0.39, 0.29) is 23.6 Å². The summed E-state index contributed by atoms with van der Waals surface area (Å²) >= 11 is 0. The van der Waals surface area contributed by atoms with Crippen LogP contribution < -0.4 is 5.32 Å². The molecule has 1 heterocycles. The summed E-state index contributed by atoms with van der Waals surface area (Å²) in [5.41, 5.74) is 1.60. The van der Waals surface area contributed by atoms with Crippen molar-refractivity contribution in [1.29, 1.82) is 5.26 Å². The lowest BCUT2D eigenvalue weighted by molar-refractivity contribution is 0.0314. The van der Waals surface area contributed by atoms with Crippen molar-refractivity contribution >= 4 is 16.2 Å². The van der Waals surface area contributed by atoms with Crippen molar-refractivity contribution in [2.45, 2.75) is 57.3 Å². The van der Waals surface area contributed by atoms with Gasteiger partial charge in [0.25, 0.3) is 10.1 Å². The van der Waals surface area contributed by atoms with Crippen molar-refractivity contribution in [2.75, 3.05) is 6.54 Å². The lowest BCUT2D eigenvalue weighted by atomic mass is 10.2. The molecule has 1 aliphatic rings. The molecule has 2 aromatic carbocycles. The molecule has 8 nitrogen and oxygen atoms in total. The Bertz CT molecular complexity index is 1190. The Morgan fingerprint density at radius 2 is 1.79 bits per heavy atom. The van der Waals surface area contributed by atoms with Crippen molar-refractivity contribution in [3.05, 3.63) is 77.1 Å². The molecule has 1 aliphatic heterocycles. The fourth-order valence-electron chi connectivity index (χ4n) is 3.44. The summed E-state index contributed by atoms with van der Waals surface area (Å²) in [6.07, 6.45) is -1.49. The molecule has 1 amide bonds. The van der Waals surface area contributed by atoms with Gasteiger partial charge in [-0.3, -0.25) is 9.08 Å². The first-order valence-corrected chi connectivity index (χ1v) is 12.3. The molecule has 0 saturated carbocycles. The maximum absolute atomic E-state index is 12.9. The fraction of sp³-hybridized carbons (Fsp3) is 0.360. The molecule has 0 spiro atoms. The molecule has 180 valence electrons. The largest absolute Gasteiger partial charge is 0.443 e. The van der Waals surface area contributed by atoms with Crippen LogP contribution in [0.25, 0.3) is 0 Å². The number of nitriles is 1. The van der Waals surface area contributed by atoms with Gasteiger partial charge >= 0.3 is 6.09 Å². The number of hydrogen-bond acceptors (Lipinski definition) is 7. The number of hydrogen-bond donors (Lipinski definition) is 1. The van der Waals surface area contributed by atoms with Gasteiger partial charge in [-0.2, -0.15) is 13.7 Å². The molecule has 0 aromatic heterocycles. The smallest absolute Gasteiger partial charge is 0.414 e. The Morgan fingerprint density at radius 3 is 2.38 bits per heavy atom. The predicted octanol–water partition coefficient (Wildman–Crippen LogP) is 4.23. The van der Waals surface area contributed by atoms with Crippen molar-refractivity contribution < 1.29 is 22.1 Å². The zero-order valence-corrected chi connectivity index (χ0v) is 20.6. The van der Waals surface area contributed by atoms with Crippen LogP contribution in [0, 0.1) is 18.3 Å². The maximum atomic E-state index is 12.9. The number of allylic oxidation sites excluding steroid dienone is 1. The molecule has 1 saturated heterocycles. The van der Waals surface area contributed by atoms with E-state index in [0.29, 0.717) is 12.2 Å². The van der Waals surface area contributed by atoms with Gasteiger partial charge in [-0.1, -0.05) is 48.0 Å². The van der Waals surface area contributed by atoms with Gasteiger partial charge in [0.1, 0.15) is 23.5 Å². The summed E-state index contributed by atoms with van der Waals surface area (Å²) < 4.78 is 36.6. The molecule has 1 N–H and O–H groups in total. The van der Waals surface area contributed by atoms with Crippen LogP contribution in [0.1, 0.15) is 38.3 Å². The van der Waals surface area contributed by atoms with Crippen molar-refractivity contribution in [2.24, 2.45) is 0 Å². The molecule has 1 atom stereocenters. The van der Waals surface area contributed by atoms with Gasteiger partial charge < -0.3 is 10.1 Å². The average molecular weight is 484 g/mol. The number of ether oxygens (including phenoxy) is 1. The molecular formula is C25H29N3O5S. The van der Waals surface area contributed by atoms with Gasteiger partial charge in [0.2, 0.25) is 0 Å². The minimum atomic E-state index is -4.06. The Morgan fingerprint density at radius 1 is 1.15 bits per heavy atom. The monoisotopic (exact) mass is 483 g/mol. The summed E-state index contributed by atoms with van der Waals surface area (Å²) in [5.74, 6) is 0. The molecule has 1 fully saturated rings. The number of rotatable bonds is 6. The second-order valence-electron chi connectivity index (χ2n) is 9.05. The second-order valence-corrected chi connectivity index (χ2v) is 10.6. The number of nitrogens with one attached hydrogen (secondary N) is 1. The third kappa shape index (κ3) is 6.59. The quantitative estimate of drug-likeness (QED) is 0.484. The highest BCUT2D eigenvalue weighted by atomic mass is 32.2. The highest BCUT2D eigenvalue weighted by Crippen LogP contribution is 2.30. The first kappa shape index (κ1) is 25.3. The highest BCUT2D eigenvalue weighted by molar-refractivity contribution is 7.86. The Labute approximate surface area is 200 Å². The van der Waals surface area contributed by atoms with Gasteiger partial charge in [-0.15, -0.1) is 0 Å². The Balaban J connectivity index is 1.87. The van der Waals surface area contributed by atoms with Crippen LogP contribution in [-0.4, -0.2) is 37.7 Å². The summed E-state index contributed by atoms with van der Waals surface area (Å²) in [7, 11) is -4.06. The van der Waals surface area contributed by atoms with Crippen LogP contribution in [0.5, 0.6) is 0 Å². The number of aryl methyl sites for hydroxylation is 1. The topological polar surface area (TPSA) is 109 Å². The van der Waals surface area contributed by atoms with Crippen molar-refractivity contribution in [1.82, 2.24) is 10.2 Å². The molecule has 0 radical (unpaired) electrons. The Kier molecular flexibility index (Phi) is 7.64. The first-order valence-electron chi connectivity index (χ1n) is 10.9. The van der Waals surface area contributed by atoms with Crippen LogP contribution in [-0.2, 0) is 25.6 Å². The third-order valence-corrected chi connectivity index (χ3v) is 6.41. The van der Waals surface area contributed by atoms with E-state index in [2.05, 4.69) is 11.4 Å². The minimum Gasteiger partial charge on any atom is -0.443 e. The summed E-state index contributed by atoms with van der Waals surface area (Å²) in [6, 6.07) is 17.9. The fourth-order valence-corrected chi connectivity index (χ4v) is 4.51. The number of likely N-dealkylation sites (tertiary alicyclic amines) is 1. The van der Waals surface area contributed by atoms with E-state index < -0.39 is 27.9 Å². The van der Waals surface area contributed by atoms with E-state index in [1.54, 1.807) is 32.9 Å². The number of carbonyl (C=O) groups is 1. The summed E-state index contributed by atoms with van der Waals surface area (Å²) in [4.78, 5) is 14.2. The SMILES string of the molecule is Cc1ccc(S(=O)(=O)O[C@@H]2CC(=C(C#N)NCc3ccccc3)N(C(=O)OC(C)(C)C)C2)cc1. The van der Waals surface area contributed by atoms with E-state index in [1.165, 1.54) is 17.0 Å². The van der Waals surface area contributed by atoms with Crippen molar-refractivity contribution in [3.8, 4) is 6.07 Å². The van der Waals surface area contributed by atoms with Crippen LogP contribution in [0.15, 0.2) is 70.9 Å². The van der Waals surface area contributed by atoms with Gasteiger partial charge in [0.15, 0.2) is 0 Å². The van der Waals surface area contributed by atoms with E-state index in [4.69, 9.17) is 8.92 Å². The molecule has 2 aromatic rings.